The van der Waals surface area contributed by atoms with Crippen LogP contribution < -0.4 is 10.6 Å². The van der Waals surface area contributed by atoms with Crippen molar-refractivity contribution in [2.45, 2.75) is 19.8 Å². The van der Waals surface area contributed by atoms with E-state index in [1.54, 1.807) is 13.1 Å². The van der Waals surface area contributed by atoms with Gasteiger partial charge in [0, 0.05) is 29.2 Å². The smallest absolute Gasteiger partial charge is 0.255 e. The molecular weight excluding hydrogens is 356 g/mol. The summed E-state index contributed by atoms with van der Waals surface area (Å²) in [5, 5.41) is 5.47. The second-order valence-electron chi connectivity index (χ2n) is 5.29. The zero-order valence-corrected chi connectivity index (χ0v) is 14.7. The summed E-state index contributed by atoms with van der Waals surface area (Å²) in [5.74, 6) is -0.129. The number of hydrogen-bond acceptors (Lipinski definition) is 2. The maximum absolute atomic E-state index is 12.2. The number of nitrogens with one attached hydrogen (secondary N) is 2. The molecule has 4 nitrogen and oxygen atoms in total. The molecule has 0 spiro atoms. The third-order valence-electron chi connectivity index (χ3n) is 3.57. The van der Waals surface area contributed by atoms with Crippen LogP contribution >= 0.6 is 15.9 Å². The molecule has 2 N–H and O–H groups in total. The van der Waals surface area contributed by atoms with Crippen molar-refractivity contribution in [2.24, 2.45) is 0 Å². The number of carbonyl (C=O) groups is 2. The quantitative estimate of drug-likeness (QED) is 0.838. The van der Waals surface area contributed by atoms with Gasteiger partial charge in [-0.15, -0.1) is 0 Å². The highest BCUT2D eigenvalue weighted by molar-refractivity contribution is 9.10. The lowest BCUT2D eigenvalue weighted by atomic mass is 10.1. The molecule has 0 bridgehead atoms. The van der Waals surface area contributed by atoms with Crippen molar-refractivity contribution >= 4 is 33.4 Å². The average molecular weight is 375 g/mol. The lowest BCUT2D eigenvalue weighted by molar-refractivity contribution is -0.120. The van der Waals surface area contributed by atoms with Gasteiger partial charge in [-0.05, 0) is 48.7 Å². The third kappa shape index (κ3) is 4.93. The van der Waals surface area contributed by atoms with Crippen LogP contribution in [0.1, 0.15) is 27.9 Å². The fraction of sp³-hybridized carbons (Fsp3) is 0.222. The molecule has 5 heteroatoms. The topological polar surface area (TPSA) is 58.2 Å². The Kier molecular flexibility index (Phi) is 5.93. The van der Waals surface area contributed by atoms with Gasteiger partial charge in [0.15, 0.2) is 0 Å². The summed E-state index contributed by atoms with van der Waals surface area (Å²) >= 11 is 3.43. The van der Waals surface area contributed by atoms with Crippen molar-refractivity contribution in [1.29, 1.82) is 0 Å². The molecule has 0 aromatic heterocycles. The Morgan fingerprint density at radius 2 is 1.78 bits per heavy atom. The maximum atomic E-state index is 12.2. The van der Waals surface area contributed by atoms with Crippen molar-refractivity contribution < 1.29 is 9.59 Å². The number of aryl methyl sites for hydroxylation is 2. The zero-order valence-electron chi connectivity index (χ0n) is 13.2. The molecule has 0 saturated heterocycles. The SMILES string of the molecule is CNC(=O)CCc1ccc(NC(=O)c2ccc(C)c(Br)c2)cc1. The number of amides is 2. The molecule has 0 fully saturated rings. The van der Waals surface area contributed by atoms with Gasteiger partial charge in [-0.1, -0.05) is 34.1 Å². The summed E-state index contributed by atoms with van der Waals surface area (Å²) in [6.07, 6.45) is 1.14. The lowest BCUT2D eigenvalue weighted by Crippen LogP contribution is -2.17. The van der Waals surface area contributed by atoms with Crippen LogP contribution in [0.2, 0.25) is 0 Å². The van der Waals surface area contributed by atoms with Gasteiger partial charge in [0.2, 0.25) is 5.91 Å². The summed E-state index contributed by atoms with van der Waals surface area (Å²) in [6, 6.07) is 13.0. The molecule has 0 saturated carbocycles. The Labute approximate surface area is 144 Å². The van der Waals surface area contributed by atoms with E-state index in [-0.39, 0.29) is 11.8 Å². The molecule has 120 valence electrons. The van der Waals surface area contributed by atoms with Crippen LogP contribution in [-0.2, 0) is 11.2 Å². The van der Waals surface area contributed by atoms with E-state index in [4.69, 9.17) is 0 Å². The largest absolute Gasteiger partial charge is 0.359 e. The predicted octanol–water partition coefficient (Wildman–Crippen LogP) is 3.69. The first-order valence-corrected chi connectivity index (χ1v) is 8.16. The number of carbonyl (C=O) groups excluding carboxylic acids is 2. The third-order valence-corrected chi connectivity index (χ3v) is 4.42. The zero-order chi connectivity index (χ0) is 16.8. The van der Waals surface area contributed by atoms with Gasteiger partial charge in [0.25, 0.3) is 5.91 Å². The van der Waals surface area contributed by atoms with Crippen molar-refractivity contribution in [3.05, 3.63) is 63.6 Å². The molecule has 0 atom stereocenters. The molecule has 2 aromatic carbocycles. The van der Waals surface area contributed by atoms with E-state index < -0.39 is 0 Å². The van der Waals surface area contributed by atoms with Gasteiger partial charge in [-0.3, -0.25) is 9.59 Å². The van der Waals surface area contributed by atoms with Gasteiger partial charge in [0.1, 0.15) is 0 Å². The molecule has 2 aromatic rings. The first kappa shape index (κ1) is 17.2. The average Bonchev–Trinajstić information content (AvgIpc) is 2.56. The minimum Gasteiger partial charge on any atom is -0.359 e. The summed E-state index contributed by atoms with van der Waals surface area (Å²) < 4.78 is 0.912. The molecule has 0 aliphatic carbocycles. The molecule has 0 heterocycles. The van der Waals surface area contributed by atoms with E-state index in [1.165, 1.54) is 0 Å². The van der Waals surface area contributed by atoms with E-state index in [0.29, 0.717) is 18.4 Å². The molecule has 0 aliphatic heterocycles. The Bertz CT molecular complexity index is 711. The second-order valence-corrected chi connectivity index (χ2v) is 6.14. The van der Waals surface area contributed by atoms with E-state index in [0.717, 1.165) is 21.3 Å². The maximum Gasteiger partial charge on any atom is 0.255 e. The Balaban J connectivity index is 1.98. The van der Waals surface area contributed by atoms with Gasteiger partial charge in [0.05, 0.1) is 0 Å². The first-order valence-electron chi connectivity index (χ1n) is 7.36. The number of benzene rings is 2. The number of halogens is 1. The monoisotopic (exact) mass is 374 g/mol. The molecule has 0 radical (unpaired) electrons. The van der Waals surface area contributed by atoms with Crippen molar-refractivity contribution in [2.75, 3.05) is 12.4 Å². The van der Waals surface area contributed by atoms with Crippen molar-refractivity contribution in [3.8, 4) is 0 Å². The van der Waals surface area contributed by atoms with E-state index in [9.17, 15) is 9.59 Å². The molecule has 0 unspecified atom stereocenters. The van der Waals surface area contributed by atoms with Crippen LogP contribution in [0.5, 0.6) is 0 Å². The summed E-state index contributed by atoms with van der Waals surface area (Å²) in [7, 11) is 1.63. The molecule has 2 rings (SSSR count). The summed E-state index contributed by atoms with van der Waals surface area (Å²) in [5.41, 5.74) is 3.48. The van der Waals surface area contributed by atoms with Crippen molar-refractivity contribution in [3.63, 3.8) is 0 Å². The molecule has 23 heavy (non-hydrogen) atoms. The Hall–Kier alpha value is -2.14. The number of anilines is 1. The summed E-state index contributed by atoms with van der Waals surface area (Å²) in [6.45, 7) is 1.98. The first-order chi connectivity index (χ1) is 11.0. The standard InChI is InChI=1S/C18H19BrN2O2/c1-12-3-7-14(11-16(12)19)18(23)21-15-8-4-13(5-9-15)6-10-17(22)20-2/h3-5,7-9,11H,6,10H2,1-2H3,(H,20,22)(H,21,23). The van der Waals surface area contributed by atoms with E-state index in [1.807, 2.05) is 43.3 Å². The summed E-state index contributed by atoms with van der Waals surface area (Å²) in [4.78, 5) is 23.5. The molecule has 0 aliphatic rings. The normalized spacial score (nSPS) is 10.2. The van der Waals surface area contributed by atoms with E-state index >= 15 is 0 Å². The lowest BCUT2D eigenvalue weighted by Gasteiger charge is -2.08. The number of rotatable bonds is 5. The van der Waals surface area contributed by atoms with Gasteiger partial charge in [-0.25, -0.2) is 0 Å². The predicted molar refractivity (Wildman–Crippen MR) is 95.7 cm³/mol. The Morgan fingerprint density at radius 1 is 1.09 bits per heavy atom. The molecule has 2 amide bonds. The van der Waals surface area contributed by atoms with Gasteiger partial charge < -0.3 is 10.6 Å². The van der Waals surface area contributed by atoms with Gasteiger partial charge >= 0.3 is 0 Å². The van der Waals surface area contributed by atoms with Crippen LogP contribution in [0.4, 0.5) is 5.69 Å². The number of hydrogen-bond donors (Lipinski definition) is 2. The highest BCUT2D eigenvalue weighted by Gasteiger charge is 2.08. The fourth-order valence-electron chi connectivity index (χ4n) is 2.07. The van der Waals surface area contributed by atoms with Crippen LogP contribution in [0.25, 0.3) is 0 Å². The minimum absolute atomic E-state index is 0.0207. The van der Waals surface area contributed by atoms with Crippen LogP contribution in [0.3, 0.4) is 0 Å². The molecular formula is C18H19BrN2O2. The van der Waals surface area contributed by atoms with Crippen LogP contribution in [-0.4, -0.2) is 18.9 Å². The van der Waals surface area contributed by atoms with E-state index in [2.05, 4.69) is 26.6 Å². The highest BCUT2D eigenvalue weighted by Crippen LogP contribution is 2.19. The Morgan fingerprint density at radius 3 is 2.39 bits per heavy atom. The van der Waals surface area contributed by atoms with Gasteiger partial charge in [-0.2, -0.15) is 0 Å². The fourth-order valence-corrected chi connectivity index (χ4v) is 2.45. The minimum atomic E-state index is -0.149. The highest BCUT2D eigenvalue weighted by atomic mass is 79.9. The van der Waals surface area contributed by atoms with Crippen LogP contribution in [0, 0.1) is 6.92 Å². The van der Waals surface area contributed by atoms with Crippen molar-refractivity contribution in [1.82, 2.24) is 5.32 Å². The van der Waals surface area contributed by atoms with Crippen LogP contribution in [0.15, 0.2) is 46.9 Å². The second kappa shape index (κ2) is 7.92.